The Morgan fingerprint density at radius 2 is 1.25 bits per heavy atom. The monoisotopic (exact) mass is 773 g/mol. The lowest BCUT2D eigenvalue weighted by atomic mass is 9.96. The number of amides is 2. The SMILES string of the molecule is C=CCO[C@H]1[C@H](n2cc(C)c(=O)n(COCc3ccccc3)c2=O)O[C@@](COCc2ccccc2)(CON2C(=O)c3ccccc3C2=O)[C@H]1OCc1ccccc1. The quantitative estimate of drug-likeness (QED) is 0.0846. The Kier molecular flexibility index (Phi) is 12.4. The molecule has 7 rings (SSSR count). The van der Waals surface area contributed by atoms with E-state index in [-0.39, 0.29) is 56.5 Å². The van der Waals surface area contributed by atoms with Crippen molar-refractivity contribution < 1.29 is 38.1 Å². The Hall–Kier alpha value is -5.80. The summed E-state index contributed by atoms with van der Waals surface area (Å²) in [6.07, 6.45) is -0.350. The van der Waals surface area contributed by atoms with Crippen LogP contribution >= 0.6 is 0 Å². The number of imide groups is 1. The van der Waals surface area contributed by atoms with E-state index in [2.05, 4.69) is 6.58 Å². The van der Waals surface area contributed by atoms with Crippen molar-refractivity contribution in [1.29, 1.82) is 0 Å². The van der Waals surface area contributed by atoms with Crippen LogP contribution in [0, 0.1) is 6.92 Å². The van der Waals surface area contributed by atoms with Gasteiger partial charge in [-0.3, -0.25) is 23.8 Å². The summed E-state index contributed by atoms with van der Waals surface area (Å²) in [5.41, 5.74) is 0.343. The number of ether oxygens (including phenoxy) is 5. The summed E-state index contributed by atoms with van der Waals surface area (Å²) in [6.45, 7) is 4.90. The van der Waals surface area contributed by atoms with Crippen LogP contribution in [0.3, 0.4) is 0 Å². The van der Waals surface area contributed by atoms with Crippen molar-refractivity contribution in [2.75, 3.05) is 19.8 Å². The van der Waals surface area contributed by atoms with E-state index in [1.807, 2.05) is 91.0 Å². The summed E-state index contributed by atoms with van der Waals surface area (Å²) >= 11 is 0. The van der Waals surface area contributed by atoms with Crippen LogP contribution in [0.25, 0.3) is 0 Å². The highest BCUT2D eigenvalue weighted by Crippen LogP contribution is 2.42. The third-order valence-electron chi connectivity index (χ3n) is 9.76. The van der Waals surface area contributed by atoms with Crippen molar-refractivity contribution in [3.63, 3.8) is 0 Å². The maximum absolute atomic E-state index is 14.4. The van der Waals surface area contributed by atoms with Gasteiger partial charge in [-0.25, -0.2) is 9.36 Å². The smallest absolute Gasteiger partial charge is 0.335 e. The fourth-order valence-corrected chi connectivity index (χ4v) is 6.93. The fraction of sp³-hybridized carbons (Fsp3) is 0.273. The summed E-state index contributed by atoms with van der Waals surface area (Å²) in [5.74, 6) is -1.28. The van der Waals surface area contributed by atoms with Gasteiger partial charge in [-0.2, -0.15) is 0 Å². The Bertz CT molecular complexity index is 2260. The van der Waals surface area contributed by atoms with Crippen LogP contribution in [0.5, 0.6) is 0 Å². The third-order valence-corrected chi connectivity index (χ3v) is 9.76. The molecule has 0 saturated carbocycles. The first-order valence-corrected chi connectivity index (χ1v) is 18.5. The molecule has 2 aliphatic rings. The van der Waals surface area contributed by atoms with Crippen molar-refractivity contribution in [3.05, 3.63) is 188 Å². The molecule has 0 aliphatic carbocycles. The molecule has 0 unspecified atom stereocenters. The second-order valence-electron chi connectivity index (χ2n) is 13.8. The Labute approximate surface area is 329 Å². The standard InChI is InChI=1S/C44H43N3O10/c1-3-23-54-37-38(55-27-34-19-11-6-12-20-34)44(28-52-25-32-15-7-4-8-16-32,29-56-47-40(49)35-21-13-14-22-36(35)41(47)50)57-42(37)45-24-31(2)39(48)46(43(45)51)30-53-26-33-17-9-5-10-18-33/h3-22,24,37-38,42H,1,23,25-30H2,2H3/t37-,38+,42-,44+/m1/s1. The number of benzene rings is 4. The molecule has 5 aromatic rings. The van der Waals surface area contributed by atoms with Crippen LogP contribution in [-0.4, -0.2) is 63.6 Å². The predicted molar refractivity (Wildman–Crippen MR) is 208 cm³/mol. The highest BCUT2D eigenvalue weighted by Gasteiger charge is 2.59. The van der Waals surface area contributed by atoms with E-state index in [0.717, 1.165) is 21.3 Å². The molecule has 3 heterocycles. The summed E-state index contributed by atoms with van der Waals surface area (Å²) in [5, 5.41) is 0.703. The molecular weight excluding hydrogens is 730 g/mol. The molecular formula is C44H43N3O10. The van der Waals surface area contributed by atoms with Gasteiger partial charge in [0.25, 0.3) is 17.4 Å². The zero-order valence-electron chi connectivity index (χ0n) is 31.4. The second kappa shape index (κ2) is 18.0. The number of fused-ring (bicyclic) bond motifs is 1. The van der Waals surface area contributed by atoms with Crippen molar-refractivity contribution in [1.82, 2.24) is 14.2 Å². The van der Waals surface area contributed by atoms with Crippen molar-refractivity contribution in [3.8, 4) is 0 Å². The van der Waals surface area contributed by atoms with E-state index < -0.39 is 53.7 Å². The lowest BCUT2D eigenvalue weighted by Crippen LogP contribution is -2.54. The number of aromatic nitrogens is 2. The van der Waals surface area contributed by atoms with Crippen LogP contribution in [0.4, 0.5) is 0 Å². The van der Waals surface area contributed by atoms with Gasteiger partial charge in [0, 0.05) is 11.8 Å². The zero-order chi connectivity index (χ0) is 39.8. The number of hydrogen-bond donors (Lipinski definition) is 0. The topological polar surface area (TPSA) is 137 Å². The highest BCUT2D eigenvalue weighted by molar-refractivity contribution is 6.20. The number of hydrogen-bond acceptors (Lipinski definition) is 10. The minimum atomic E-state index is -1.62. The molecule has 1 aromatic heterocycles. The van der Waals surface area contributed by atoms with Gasteiger partial charge in [0.15, 0.2) is 6.23 Å². The molecule has 0 spiro atoms. The first-order chi connectivity index (χ1) is 27.8. The van der Waals surface area contributed by atoms with E-state index >= 15 is 0 Å². The summed E-state index contributed by atoms with van der Waals surface area (Å²) < 4.78 is 34.5. The van der Waals surface area contributed by atoms with Crippen LogP contribution < -0.4 is 11.2 Å². The molecule has 1 fully saturated rings. The molecule has 2 amide bonds. The van der Waals surface area contributed by atoms with Crippen molar-refractivity contribution >= 4 is 11.8 Å². The minimum Gasteiger partial charge on any atom is -0.374 e. The van der Waals surface area contributed by atoms with Crippen molar-refractivity contribution in [2.24, 2.45) is 0 Å². The first kappa shape index (κ1) is 39.4. The molecule has 57 heavy (non-hydrogen) atoms. The summed E-state index contributed by atoms with van der Waals surface area (Å²) in [7, 11) is 0. The third kappa shape index (κ3) is 8.64. The molecule has 2 aliphatic heterocycles. The van der Waals surface area contributed by atoms with E-state index in [1.54, 1.807) is 37.3 Å². The number of carbonyl (C=O) groups is 2. The first-order valence-electron chi connectivity index (χ1n) is 18.5. The Balaban J connectivity index is 1.28. The van der Waals surface area contributed by atoms with Gasteiger partial charge in [-0.15, -0.1) is 11.6 Å². The van der Waals surface area contributed by atoms with Crippen molar-refractivity contribution in [2.45, 2.75) is 57.5 Å². The minimum absolute atomic E-state index is 0.0312. The number of aryl methyl sites for hydroxylation is 1. The van der Waals surface area contributed by atoms with Crippen LogP contribution in [0.15, 0.2) is 144 Å². The number of nitrogens with zero attached hydrogens (tertiary/aromatic N) is 3. The second-order valence-corrected chi connectivity index (χ2v) is 13.8. The number of rotatable bonds is 18. The lowest BCUT2D eigenvalue weighted by molar-refractivity contribution is -0.216. The summed E-state index contributed by atoms with van der Waals surface area (Å²) in [6, 6.07) is 34.8. The maximum atomic E-state index is 14.4. The Morgan fingerprint density at radius 3 is 1.82 bits per heavy atom. The molecule has 4 aromatic carbocycles. The summed E-state index contributed by atoms with van der Waals surface area (Å²) in [4.78, 5) is 60.9. The molecule has 294 valence electrons. The molecule has 0 radical (unpaired) electrons. The highest BCUT2D eigenvalue weighted by atomic mass is 16.7. The van der Waals surface area contributed by atoms with E-state index in [4.69, 9.17) is 28.5 Å². The normalized spacial score (nSPS) is 20.2. The molecule has 13 heteroatoms. The average Bonchev–Trinajstić information content (AvgIpc) is 3.67. The predicted octanol–water partition coefficient (Wildman–Crippen LogP) is 5.36. The van der Waals surface area contributed by atoms with Gasteiger partial charge in [-0.1, -0.05) is 109 Å². The lowest BCUT2D eigenvalue weighted by Gasteiger charge is -2.35. The van der Waals surface area contributed by atoms with Gasteiger partial charge >= 0.3 is 5.69 Å². The Morgan fingerprint density at radius 1 is 0.702 bits per heavy atom. The van der Waals surface area contributed by atoms with Gasteiger partial charge in [0.2, 0.25) is 0 Å². The van der Waals surface area contributed by atoms with Gasteiger partial charge in [0.05, 0.1) is 44.2 Å². The number of hydroxylamine groups is 2. The molecule has 0 N–H and O–H groups in total. The van der Waals surface area contributed by atoms with Gasteiger partial charge in [0.1, 0.15) is 31.1 Å². The van der Waals surface area contributed by atoms with Gasteiger partial charge in [-0.05, 0) is 35.7 Å². The van der Waals surface area contributed by atoms with E-state index in [1.165, 1.54) is 10.8 Å². The molecule has 4 atom stereocenters. The van der Waals surface area contributed by atoms with Crippen LogP contribution in [-0.2, 0) is 55.1 Å². The van der Waals surface area contributed by atoms with E-state index in [0.29, 0.717) is 5.06 Å². The van der Waals surface area contributed by atoms with Crippen LogP contribution in [0.1, 0.15) is 49.2 Å². The van der Waals surface area contributed by atoms with Gasteiger partial charge < -0.3 is 23.7 Å². The number of carbonyl (C=O) groups excluding carboxylic acids is 2. The van der Waals surface area contributed by atoms with E-state index in [9.17, 15) is 19.2 Å². The van der Waals surface area contributed by atoms with Crippen LogP contribution in [0.2, 0.25) is 0 Å². The largest absolute Gasteiger partial charge is 0.374 e. The average molecular weight is 774 g/mol. The fourth-order valence-electron chi connectivity index (χ4n) is 6.93. The molecule has 13 nitrogen and oxygen atoms in total. The maximum Gasteiger partial charge on any atom is 0.335 e. The zero-order valence-corrected chi connectivity index (χ0v) is 31.4. The molecule has 0 bridgehead atoms. The molecule has 1 saturated heterocycles.